The van der Waals surface area contributed by atoms with Crippen LogP contribution in [0.5, 0.6) is 0 Å². The highest BCUT2D eigenvalue weighted by molar-refractivity contribution is 9.10. The van der Waals surface area contributed by atoms with Crippen LogP contribution in [0.15, 0.2) is 9.63 Å². The standard InChI is InChI=1S/C11H19BrN4O2S/c1-16-11(10(12)14-15-16)19(17,18)13-8-4-7-9-5-2-3-6-9/h9,13H,2-8H2,1H3. The Kier molecular flexibility index (Phi) is 4.97. The topological polar surface area (TPSA) is 76.9 Å². The lowest BCUT2D eigenvalue weighted by molar-refractivity contribution is 0.479. The average Bonchev–Trinajstić information content (AvgIpc) is 2.95. The van der Waals surface area contributed by atoms with Gasteiger partial charge in [0.15, 0.2) is 4.60 Å². The molecule has 6 nitrogen and oxygen atoms in total. The summed E-state index contributed by atoms with van der Waals surface area (Å²) in [5, 5.41) is 7.44. The number of halogens is 1. The van der Waals surface area contributed by atoms with Crippen molar-refractivity contribution in [3.63, 3.8) is 0 Å². The van der Waals surface area contributed by atoms with Gasteiger partial charge in [-0.15, -0.1) is 5.10 Å². The minimum absolute atomic E-state index is 0.0772. The minimum atomic E-state index is -3.53. The van der Waals surface area contributed by atoms with E-state index in [2.05, 4.69) is 31.0 Å². The Labute approximate surface area is 122 Å². The first-order valence-electron chi connectivity index (χ1n) is 6.55. The zero-order valence-corrected chi connectivity index (χ0v) is 13.4. The molecule has 1 aromatic rings. The predicted octanol–water partition coefficient (Wildman–Crippen LogP) is 1.83. The molecule has 1 saturated carbocycles. The molecule has 1 heterocycles. The third-order valence-electron chi connectivity index (χ3n) is 3.55. The summed E-state index contributed by atoms with van der Waals surface area (Å²) in [5.41, 5.74) is 0. The largest absolute Gasteiger partial charge is 0.260 e. The lowest BCUT2D eigenvalue weighted by Gasteiger charge is -2.09. The fraction of sp³-hybridized carbons (Fsp3) is 0.818. The Morgan fingerprint density at radius 3 is 2.68 bits per heavy atom. The molecule has 0 saturated heterocycles. The van der Waals surface area contributed by atoms with Gasteiger partial charge in [0.25, 0.3) is 10.0 Å². The molecular formula is C11H19BrN4O2S. The molecule has 0 amide bonds. The molecule has 1 aliphatic rings. The van der Waals surface area contributed by atoms with Gasteiger partial charge >= 0.3 is 0 Å². The lowest BCUT2D eigenvalue weighted by Crippen LogP contribution is -2.27. The number of nitrogens with one attached hydrogen (secondary N) is 1. The third-order valence-corrected chi connectivity index (χ3v) is 5.90. The summed E-state index contributed by atoms with van der Waals surface area (Å²) in [6.07, 6.45) is 7.22. The summed E-state index contributed by atoms with van der Waals surface area (Å²) in [5.74, 6) is 0.787. The van der Waals surface area contributed by atoms with Crippen molar-refractivity contribution >= 4 is 26.0 Å². The summed E-state index contributed by atoms with van der Waals surface area (Å²) in [6.45, 7) is 0.469. The van der Waals surface area contributed by atoms with Crippen LogP contribution in [-0.4, -0.2) is 30.0 Å². The normalized spacial score (nSPS) is 17.2. The highest BCUT2D eigenvalue weighted by Crippen LogP contribution is 2.28. The van der Waals surface area contributed by atoms with E-state index in [9.17, 15) is 8.42 Å². The van der Waals surface area contributed by atoms with Gasteiger partial charge in [-0.05, 0) is 34.7 Å². The van der Waals surface area contributed by atoms with E-state index in [0.717, 1.165) is 18.8 Å². The second-order valence-corrected chi connectivity index (χ2v) is 7.43. The molecule has 1 N–H and O–H groups in total. The SMILES string of the molecule is Cn1nnc(Br)c1S(=O)(=O)NCCCC1CCCC1. The number of nitrogens with zero attached hydrogens (tertiary/aromatic N) is 3. The molecule has 0 bridgehead atoms. The number of sulfonamides is 1. The summed E-state index contributed by atoms with van der Waals surface area (Å²) in [6, 6.07) is 0. The van der Waals surface area contributed by atoms with Gasteiger partial charge in [-0.1, -0.05) is 30.9 Å². The Morgan fingerprint density at radius 2 is 2.11 bits per heavy atom. The second kappa shape index (κ2) is 6.32. The average molecular weight is 351 g/mol. The molecular weight excluding hydrogens is 332 g/mol. The van der Waals surface area contributed by atoms with E-state index in [-0.39, 0.29) is 9.63 Å². The van der Waals surface area contributed by atoms with Crippen molar-refractivity contribution in [3.05, 3.63) is 4.60 Å². The maximum absolute atomic E-state index is 12.1. The summed E-state index contributed by atoms with van der Waals surface area (Å²) in [4.78, 5) is 0. The molecule has 2 rings (SSSR count). The van der Waals surface area contributed by atoms with Crippen LogP contribution in [-0.2, 0) is 17.1 Å². The smallest absolute Gasteiger partial charge is 0.235 e. The summed E-state index contributed by atoms with van der Waals surface area (Å²) < 4.78 is 28.3. The molecule has 1 aliphatic carbocycles. The van der Waals surface area contributed by atoms with Crippen molar-refractivity contribution in [2.75, 3.05) is 6.54 Å². The first-order valence-corrected chi connectivity index (χ1v) is 8.83. The summed E-state index contributed by atoms with van der Waals surface area (Å²) >= 11 is 3.10. The van der Waals surface area contributed by atoms with Crippen LogP contribution < -0.4 is 4.72 Å². The van der Waals surface area contributed by atoms with Crippen LogP contribution in [0, 0.1) is 5.92 Å². The van der Waals surface area contributed by atoms with Crippen molar-refractivity contribution < 1.29 is 8.42 Å². The minimum Gasteiger partial charge on any atom is -0.235 e. The van der Waals surface area contributed by atoms with Crippen LogP contribution in [0.2, 0.25) is 0 Å². The fourth-order valence-corrected chi connectivity index (χ4v) is 4.74. The molecule has 19 heavy (non-hydrogen) atoms. The van der Waals surface area contributed by atoms with Crippen molar-refractivity contribution in [1.82, 2.24) is 19.7 Å². The third kappa shape index (κ3) is 3.76. The van der Waals surface area contributed by atoms with E-state index in [1.165, 1.54) is 30.4 Å². The van der Waals surface area contributed by atoms with E-state index in [1.807, 2.05) is 0 Å². The Morgan fingerprint density at radius 1 is 1.42 bits per heavy atom. The van der Waals surface area contributed by atoms with Gasteiger partial charge in [0.2, 0.25) is 5.03 Å². The Balaban J connectivity index is 1.84. The number of rotatable bonds is 6. The van der Waals surface area contributed by atoms with Crippen LogP contribution in [0.4, 0.5) is 0 Å². The van der Waals surface area contributed by atoms with Crippen molar-refractivity contribution in [1.29, 1.82) is 0 Å². The van der Waals surface area contributed by atoms with E-state index in [1.54, 1.807) is 7.05 Å². The zero-order valence-electron chi connectivity index (χ0n) is 11.0. The quantitative estimate of drug-likeness (QED) is 0.794. The monoisotopic (exact) mass is 350 g/mol. The number of aryl methyl sites for hydroxylation is 1. The fourth-order valence-electron chi connectivity index (χ4n) is 2.57. The molecule has 1 aromatic heterocycles. The molecule has 1 fully saturated rings. The predicted molar refractivity (Wildman–Crippen MR) is 75.1 cm³/mol. The van der Waals surface area contributed by atoms with Gasteiger partial charge in [0.1, 0.15) is 0 Å². The molecule has 8 heteroatoms. The molecule has 0 unspecified atom stereocenters. The van der Waals surface area contributed by atoms with Crippen LogP contribution in [0.1, 0.15) is 38.5 Å². The molecule has 0 aromatic carbocycles. The van der Waals surface area contributed by atoms with Gasteiger partial charge in [-0.2, -0.15) is 0 Å². The Bertz CT molecular complexity index is 503. The van der Waals surface area contributed by atoms with Crippen LogP contribution >= 0.6 is 15.9 Å². The van der Waals surface area contributed by atoms with E-state index < -0.39 is 10.0 Å². The maximum atomic E-state index is 12.1. The van der Waals surface area contributed by atoms with Gasteiger partial charge in [0, 0.05) is 13.6 Å². The lowest BCUT2D eigenvalue weighted by atomic mass is 10.0. The van der Waals surface area contributed by atoms with Gasteiger partial charge in [-0.3, -0.25) is 0 Å². The van der Waals surface area contributed by atoms with Crippen LogP contribution in [0.25, 0.3) is 0 Å². The second-order valence-electron chi connectivity index (χ2n) is 5.00. The van der Waals surface area contributed by atoms with Crippen molar-refractivity contribution in [2.24, 2.45) is 13.0 Å². The number of hydrogen-bond acceptors (Lipinski definition) is 4. The Hall–Kier alpha value is -0.470. The van der Waals surface area contributed by atoms with Crippen molar-refractivity contribution in [3.8, 4) is 0 Å². The van der Waals surface area contributed by atoms with E-state index in [0.29, 0.717) is 6.54 Å². The van der Waals surface area contributed by atoms with Crippen molar-refractivity contribution in [2.45, 2.75) is 43.6 Å². The zero-order chi connectivity index (χ0) is 13.9. The highest BCUT2D eigenvalue weighted by Gasteiger charge is 2.23. The molecule has 108 valence electrons. The highest BCUT2D eigenvalue weighted by atomic mass is 79.9. The maximum Gasteiger partial charge on any atom is 0.260 e. The van der Waals surface area contributed by atoms with Gasteiger partial charge < -0.3 is 0 Å². The van der Waals surface area contributed by atoms with Gasteiger partial charge in [-0.25, -0.2) is 17.8 Å². The molecule has 0 atom stereocenters. The number of aromatic nitrogens is 3. The molecule has 0 aliphatic heterocycles. The summed E-state index contributed by atoms with van der Waals surface area (Å²) in [7, 11) is -1.97. The first-order chi connectivity index (χ1) is 9.00. The number of hydrogen-bond donors (Lipinski definition) is 1. The van der Waals surface area contributed by atoms with Crippen LogP contribution in [0.3, 0.4) is 0 Å². The van der Waals surface area contributed by atoms with Gasteiger partial charge in [0.05, 0.1) is 0 Å². The van der Waals surface area contributed by atoms with E-state index in [4.69, 9.17) is 0 Å². The van der Waals surface area contributed by atoms with E-state index >= 15 is 0 Å². The first kappa shape index (κ1) is 14.9. The molecule has 0 spiro atoms. The molecule has 0 radical (unpaired) electrons.